The third-order valence-electron chi connectivity index (χ3n) is 1.83. The predicted octanol–water partition coefficient (Wildman–Crippen LogP) is 2.10. The number of halogens is 1. The summed E-state index contributed by atoms with van der Waals surface area (Å²) in [5.74, 6) is -0.971. The second-order valence-electron chi connectivity index (χ2n) is 2.92. The molecule has 82 valence electrons. The fourth-order valence-electron chi connectivity index (χ4n) is 1.08. The molecule has 0 bridgehead atoms. The van der Waals surface area contributed by atoms with Gasteiger partial charge in [0.05, 0.1) is 22.9 Å². The highest BCUT2D eigenvalue weighted by atomic mass is 35.5. The summed E-state index contributed by atoms with van der Waals surface area (Å²) in [5, 5.41) is 12.3. The van der Waals surface area contributed by atoms with Gasteiger partial charge in [-0.1, -0.05) is 11.6 Å². The molecule has 0 heterocycles. The highest BCUT2D eigenvalue weighted by molar-refractivity contribution is 6.33. The molecule has 0 aromatic heterocycles. The highest BCUT2D eigenvalue weighted by Gasteiger charge is 2.06. The maximum atomic E-state index is 10.7. The molecule has 0 aliphatic carbocycles. The summed E-state index contributed by atoms with van der Waals surface area (Å²) in [5.41, 5.74) is 0.813. The number of carboxylic acids is 1. The summed E-state index contributed by atoms with van der Waals surface area (Å²) in [4.78, 5) is 10.7. The highest BCUT2D eigenvalue weighted by Crippen LogP contribution is 2.22. The van der Waals surface area contributed by atoms with Crippen molar-refractivity contribution in [1.82, 2.24) is 0 Å². The molecule has 0 fully saturated rings. The van der Waals surface area contributed by atoms with Crippen molar-refractivity contribution in [2.45, 2.75) is 0 Å². The number of methoxy groups -OCH3 is 1. The molecule has 0 aliphatic heterocycles. The van der Waals surface area contributed by atoms with Crippen molar-refractivity contribution in [3.8, 4) is 0 Å². The molecule has 1 aromatic rings. The second kappa shape index (κ2) is 5.58. The molecule has 0 unspecified atom stereocenters. The molecule has 4 nitrogen and oxygen atoms in total. The number of benzene rings is 1. The number of anilines is 1. The summed E-state index contributed by atoms with van der Waals surface area (Å²) < 4.78 is 4.86. The van der Waals surface area contributed by atoms with Crippen molar-refractivity contribution in [2.24, 2.45) is 0 Å². The average Bonchev–Trinajstić information content (AvgIpc) is 2.20. The minimum atomic E-state index is -0.971. The number of ether oxygens (including phenoxy) is 1. The Morgan fingerprint density at radius 3 is 2.93 bits per heavy atom. The van der Waals surface area contributed by atoms with E-state index in [0.717, 1.165) is 0 Å². The molecule has 15 heavy (non-hydrogen) atoms. The van der Waals surface area contributed by atoms with Gasteiger partial charge in [-0.2, -0.15) is 0 Å². The van der Waals surface area contributed by atoms with Crippen LogP contribution in [0.15, 0.2) is 18.2 Å². The smallest absolute Gasteiger partial charge is 0.335 e. The monoisotopic (exact) mass is 229 g/mol. The molecule has 0 saturated heterocycles. The maximum absolute atomic E-state index is 10.7. The zero-order valence-electron chi connectivity index (χ0n) is 8.29. The van der Waals surface area contributed by atoms with Crippen LogP contribution in [0, 0.1) is 0 Å². The van der Waals surface area contributed by atoms with Crippen LogP contribution in [0.1, 0.15) is 10.4 Å². The molecule has 0 radical (unpaired) electrons. The van der Waals surface area contributed by atoms with Gasteiger partial charge in [0.1, 0.15) is 0 Å². The van der Waals surface area contributed by atoms with Gasteiger partial charge >= 0.3 is 5.97 Å². The van der Waals surface area contributed by atoms with Gasteiger partial charge in [0.15, 0.2) is 0 Å². The van der Waals surface area contributed by atoms with Gasteiger partial charge in [-0.3, -0.25) is 0 Å². The van der Waals surface area contributed by atoms with Crippen LogP contribution >= 0.6 is 11.6 Å². The molecule has 0 saturated carbocycles. The van der Waals surface area contributed by atoms with Gasteiger partial charge in [-0.05, 0) is 18.2 Å². The van der Waals surface area contributed by atoms with E-state index >= 15 is 0 Å². The summed E-state index contributed by atoms with van der Waals surface area (Å²) in [6, 6.07) is 4.52. The third kappa shape index (κ3) is 3.42. The molecular formula is C10H12ClNO3. The average molecular weight is 230 g/mol. The van der Waals surface area contributed by atoms with E-state index in [1.54, 1.807) is 13.2 Å². The van der Waals surface area contributed by atoms with E-state index in [4.69, 9.17) is 21.4 Å². The first-order chi connectivity index (χ1) is 7.15. The standard InChI is InChI=1S/C10H12ClNO3/c1-15-5-4-12-9-6-7(10(13)14)2-3-8(9)11/h2-3,6,12H,4-5H2,1H3,(H,13,14). The lowest BCUT2D eigenvalue weighted by atomic mass is 10.2. The van der Waals surface area contributed by atoms with E-state index in [1.807, 2.05) is 0 Å². The van der Waals surface area contributed by atoms with Crippen LogP contribution in [0.3, 0.4) is 0 Å². The van der Waals surface area contributed by atoms with Crippen LogP contribution in [0.2, 0.25) is 5.02 Å². The van der Waals surface area contributed by atoms with Gasteiger partial charge in [-0.15, -0.1) is 0 Å². The van der Waals surface area contributed by atoms with Crippen LogP contribution in [0.25, 0.3) is 0 Å². The number of carbonyl (C=O) groups is 1. The topological polar surface area (TPSA) is 58.6 Å². The first-order valence-electron chi connectivity index (χ1n) is 4.41. The van der Waals surface area contributed by atoms with Gasteiger partial charge < -0.3 is 15.2 Å². The Hall–Kier alpha value is -1.26. The van der Waals surface area contributed by atoms with Gasteiger partial charge in [0.25, 0.3) is 0 Å². The number of hydrogen-bond donors (Lipinski definition) is 2. The third-order valence-corrected chi connectivity index (χ3v) is 2.16. The lowest BCUT2D eigenvalue weighted by Crippen LogP contribution is -2.08. The lowest BCUT2D eigenvalue weighted by Gasteiger charge is -2.08. The van der Waals surface area contributed by atoms with Crippen molar-refractivity contribution >= 4 is 23.3 Å². The molecule has 0 spiro atoms. The van der Waals surface area contributed by atoms with Gasteiger partial charge in [-0.25, -0.2) is 4.79 Å². The van der Waals surface area contributed by atoms with Crippen molar-refractivity contribution in [3.63, 3.8) is 0 Å². The SMILES string of the molecule is COCCNc1cc(C(=O)O)ccc1Cl. The Balaban J connectivity index is 2.76. The van der Waals surface area contributed by atoms with Crippen molar-refractivity contribution in [3.05, 3.63) is 28.8 Å². The predicted molar refractivity (Wildman–Crippen MR) is 58.8 cm³/mol. The largest absolute Gasteiger partial charge is 0.478 e. The van der Waals surface area contributed by atoms with Gasteiger partial charge in [0.2, 0.25) is 0 Å². The summed E-state index contributed by atoms with van der Waals surface area (Å²) >= 11 is 5.88. The van der Waals surface area contributed by atoms with Crippen LogP contribution in [0.5, 0.6) is 0 Å². The number of hydrogen-bond acceptors (Lipinski definition) is 3. The molecule has 1 aromatic carbocycles. The maximum Gasteiger partial charge on any atom is 0.335 e. The lowest BCUT2D eigenvalue weighted by molar-refractivity contribution is 0.0697. The molecule has 1 rings (SSSR count). The Kier molecular flexibility index (Phi) is 4.39. The Morgan fingerprint density at radius 2 is 2.33 bits per heavy atom. The number of nitrogens with one attached hydrogen (secondary N) is 1. The molecule has 0 atom stereocenters. The van der Waals surface area contributed by atoms with Crippen LogP contribution in [0.4, 0.5) is 5.69 Å². The summed E-state index contributed by atoms with van der Waals surface area (Å²) in [6.45, 7) is 1.12. The molecule has 0 amide bonds. The number of aromatic carboxylic acids is 1. The fraction of sp³-hybridized carbons (Fsp3) is 0.300. The van der Waals surface area contributed by atoms with Gasteiger partial charge in [0, 0.05) is 13.7 Å². The molecule has 2 N–H and O–H groups in total. The molecule has 5 heteroatoms. The Bertz CT molecular complexity index is 355. The van der Waals surface area contributed by atoms with E-state index in [0.29, 0.717) is 23.9 Å². The van der Waals surface area contributed by atoms with Crippen LogP contribution in [-0.4, -0.2) is 31.3 Å². The normalized spacial score (nSPS) is 10.0. The summed E-state index contributed by atoms with van der Waals surface area (Å²) in [7, 11) is 1.59. The van der Waals surface area contributed by atoms with Crippen LogP contribution < -0.4 is 5.32 Å². The number of rotatable bonds is 5. The Morgan fingerprint density at radius 1 is 1.60 bits per heavy atom. The molecular weight excluding hydrogens is 218 g/mol. The van der Waals surface area contributed by atoms with Crippen LogP contribution in [-0.2, 0) is 4.74 Å². The summed E-state index contributed by atoms with van der Waals surface area (Å²) in [6.07, 6.45) is 0. The van der Waals surface area contributed by atoms with E-state index in [2.05, 4.69) is 5.32 Å². The zero-order chi connectivity index (χ0) is 11.3. The van der Waals surface area contributed by atoms with E-state index in [1.165, 1.54) is 12.1 Å². The minimum absolute atomic E-state index is 0.208. The fourth-order valence-corrected chi connectivity index (χ4v) is 1.27. The Labute approximate surface area is 92.8 Å². The first kappa shape index (κ1) is 11.8. The zero-order valence-corrected chi connectivity index (χ0v) is 9.04. The molecule has 0 aliphatic rings. The van der Waals surface area contributed by atoms with Crippen molar-refractivity contribution < 1.29 is 14.6 Å². The minimum Gasteiger partial charge on any atom is -0.478 e. The quantitative estimate of drug-likeness (QED) is 0.760. The van der Waals surface area contributed by atoms with Crippen molar-refractivity contribution in [2.75, 3.05) is 25.6 Å². The first-order valence-corrected chi connectivity index (χ1v) is 4.78. The van der Waals surface area contributed by atoms with Crippen molar-refractivity contribution in [1.29, 1.82) is 0 Å². The van der Waals surface area contributed by atoms with E-state index < -0.39 is 5.97 Å². The van der Waals surface area contributed by atoms with E-state index in [-0.39, 0.29) is 5.56 Å². The van der Waals surface area contributed by atoms with E-state index in [9.17, 15) is 4.79 Å². The second-order valence-corrected chi connectivity index (χ2v) is 3.33. The number of carboxylic acid groups (broad SMARTS) is 1.